The molecule has 1 rings (SSSR count). The van der Waals surface area contributed by atoms with Crippen molar-refractivity contribution in [2.75, 3.05) is 26.6 Å². The molecule has 0 amide bonds. The Labute approximate surface area is 110 Å². The van der Waals surface area contributed by atoms with Crippen LogP contribution in [0.4, 0.5) is 0 Å². The van der Waals surface area contributed by atoms with Crippen LogP contribution in [0.15, 0.2) is 12.1 Å². The molecule has 0 spiro atoms. The second-order valence-corrected chi connectivity index (χ2v) is 4.91. The molecule has 0 atom stereocenters. The molecule has 0 aliphatic heterocycles. The second kappa shape index (κ2) is 6.87. The van der Waals surface area contributed by atoms with Crippen LogP contribution < -0.4 is 4.74 Å². The van der Waals surface area contributed by atoms with Gasteiger partial charge in [0.15, 0.2) is 0 Å². The van der Waals surface area contributed by atoms with E-state index in [1.54, 1.807) is 7.11 Å². The maximum atomic E-state index is 5.70. The lowest BCUT2D eigenvalue weighted by Gasteiger charge is -2.19. The Morgan fingerprint density at radius 3 is 2.47 bits per heavy atom. The normalized spacial score (nSPS) is 10.9. The first kappa shape index (κ1) is 14.3. The number of rotatable bonds is 6. The van der Waals surface area contributed by atoms with Crippen LogP contribution in [0.5, 0.6) is 5.75 Å². The van der Waals surface area contributed by atoms with Crippen LogP contribution >= 0.6 is 11.6 Å². The Morgan fingerprint density at radius 1 is 1.24 bits per heavy atom. The fourth-order valence-electron chi connectivity index (χ4n) is 1.86. The van der Waals surface area contributed by atoms with E-state index in [1.165, 1.54) is 16.7 Å². The zero-order chi connectivity index (χ0) is 12.8. The molecule has 0 bridgehead atoms. The van der Waals surface area contributed by atoms with Crippen LogP contribution in [0.1, 0.15) is 23.1 Å². The molecule has 0 aliphatic rings. The van der Waals surface area contributed by atoms with Crippen molar-refractivity contribution >= 4 is 11.6 Å². The molecule has 1 aromatic carbocycles. The standard InChI is InChI=1S/C14H22ClNO/c1-11-8-13(10-16(3)7-5-6-15)14(17-4)9-12(11)2/h8-9H,5-7,10H2,1-4H3. The summed E-state index contributed by atoms with van der Waals surface area (Å²) < 4.78 is 5.43. The van der Waals surface area contributed by atoms with Crippen molar-refractivity contribution in [1.29, 1.82) is 0 Å². The number of alkyl halides is 1. The molecule has 1 aromatic rings. The minimum Gasteiger partial charge on any atom is -0.496 e. The van der Waals surface area contributed by atoms with Gasteiger partial charge >= 0.3 is 0 Å². The van der Waals surface area contributed by atoms with Gasteiger partial charge in [-0.15, -0.1) is 11.6 Å². The molecular weight excluding hydrogens is 234 g/mol. The molecule has 0 radical (unpaired) electrons. The van der Waals surface area contributed by atoms with E-state index in [-0.39, 0.29) is 0 Å². The number of hydrogen-bond acceptors (Lipinski definition) is 2. The molecule has 3 heteroatoms. The molecular formula is C14H22ClNO. The van der Waals surface area contributed by atoms with Crippen molar-refractivity contribution in [3.63, 3.8) is 0 Å². The van der Waals surface area contributed by atoms with Crippen molar-refractivity contribution in [2.45, 2.75) is 26.8 Å². The van der Waals surface area contributed by atoms with Gasteiger partial charge in [-0.1, -0.05) is 6.07 Å². The highest BCUT2D eigenvalue weighted by Crippen LogP contribution is 2.24. The first-order chi connectivity index (χ1) is 8.08. The summed E-state index contributed by atoms with van der Waals surface area (Å²) in [6.07, 6.45) is 1.02. The number of aryl methyl sites for hydroxylation is 2. The summed E-state index contributed by atoms with van der Waals surface area (Å²) in [7, 11) is 3.84. The van der Waals surface area contributed by atoms with Gasteiger partial charge in [-0.2, -0.15) is 0 Å². The van der Waals surface area contributed by atoms with E-state index < -0.39 is 0 Å². The lowest BCUT2D eigenvalue weighted by Crippen LogP contribution is -2.20. The van der Waals surface area contributed by atoms with E-state index in [0.29, 0.717) is 5.88 Å². The van der Waals surface area contributed by atoms with Gasteiger partial charge in [0, 0.05) is 18.0 Å². The van der Waals surface area contributed by atoms with Gasteiger partial charge in [0.05, 0.1) is 7.11 Å². The van der Waals surface area contributed by atoms with E-state index in [4.69, 9.17) is 16.3 Å². The highest BCUT2D eigenvalue weighted by molar-refractivity contribution is 6.17. The topological polar surface area (TPSA) is 12.5 Å². The zero-order valence-corrected chi connectivity index (χ0v) is 12.0. The van der Waals surface area contributed by atoms with E-state index in [9.17, 15) is 0 Å². The van der Waals surface area contributed by atoms with Crippen molar-refractivity contribution in [1.82, 2.24) is 4.90 Å². The van der Waals surface area contributed by atoms with Crippen molar-refractivity contribution in [2.24, 2.45) is 0 Å². The molecule has 0 heterocycles. The number of halogens is 1. The molecule has 0 saturated heterocycles. The van der Waals surface area contributed by atoms with Crippen LogP contribution in [0.3, 0.4) is 0 Å². The fourth-order valence-corrected chi connectivity index (χ4v) is 1.98. The summed E-state index contributed by atoms with van der Waals surface area (Å²) in [5.74, 6) is 1.69. The van der Waals surface area contributed by atoms with Gasteiger partial charge in [0.25, 0.3) is 0 Å². The average molecular weight is 256 g/mol. The summed E-state index contributed by atoms with van der Waals surface area (Å²) in [5.41, 5.74) is 3.83. The van der Waals surface area contributed by atoms with Crippen molar-refractivity contribution in [3.8, 4) is 5.75 Å². The van der Waals surface area contributed by atoms with Crippen molar-refractivity contribution in [3.05, 3.63) is 28.8 Å². The molecule has 17 heavy (non-hydrogen) atoms. The number of nitrogens with zero attached hydrogens (tertiary/aromatic N) is 1. The Morgan fingerprint density at radius 2 is 1.88 bits per heavy atom. The monoisotopic (exact) mass is 255 g/mol. The Kier molecular flexibility index (Phi) is 5.79. The average Bonchev–Trinajstić information content (AvgIpc) is 2.31. The highest BCUT2D eigenvalue weighted by Gasteiger charge is 2.08. The Hall–Kier alpha value is -0.730. The third kappa shape index (κ3) is 4.21. The number of hydrogen-bond donors (Lipinski definition) is 0. The fraction of sp³-hybridized carbons (Fsp3) is 0.571. The quantitative estimate of drug-likeness (QED) is 0.723. The van der Waals surface area contributed by atoms with Crippen LogP contribution in [-0.2, 0) is 6.54 Å². The smallest absolute Gasteiger partial charge is 0.123 e. The Balaban J connectivity index is 2.78. The molecule has 96 valence electrons. The van der Waals surface area contributed by atoms with Gasteiger partial charge in [-0.05, 0) is 51.1 Å². The Bertz CT molecular complexity index is 365. The zero-order valence-electron chi connectivity index (χ0n) is 11.2. The van der Waals surface area contributed by atoms with Crippen LogP contribution in [-0.4, -0.2) is 31.5 Å². The number of ether oxygens (including phenoxy) is 1. The van der Waals surface area contributed by atoms with Gasteiger partial charge in [-0.25, -0.2) is 0 Å². The highest BCUT2D eigenvalue weighted by atomic mass is 35.5. The summed E-state index contributed by atoms with van der Waals surface area (Å²) in [4.78, 5) is 2.27. The predicted octanol–water partition coefficient (Wildman–Crippen LogP) is 3.37. The van der Waals surface area contributed by atoms with Gasteiger partial charge in [0.2, 0.25) is 0 Å². The van der Waals surface area contributed by atoms with E-state index >= 15 is 0 Å². The maximum absolute atomic E-state index is 5.70. The maximum Gasteiger partial charge on any atom is 0.123 e. The predicted molar refractivity (Wildman–Crippen MR) is 74.1 cm³/mol. The van der Waals surface area contributed by atoms with Crippen LogP contribution in [0, 0.1) is 13.8 Å². The second-order valence-electron chi connectivity index (χ2n) is 4.53. The molecule has 0 N–H and O–H groups in total. The molecule has 2 nitrogen and oxygen atoms in total. The summed E-state index contributed by atoms with van der Waals surface area (Å²) >= 11 is 5.70. The van der Waals surface area contributed by atoms with Crippen LogP contribution in [0.2, 0.25) is 0 Å². The third-order valence-electron chi connectivity index (χ3n) is 3.01. The first-order valence-electron chi connectivity index (χ1n) is 5.97. The molecule has 0 fully saturated rings. The molecule has 0 unspecified atom stereocenters. The van der Waals surface area contributed by atoms with Gasteiger partial charge in [0.1, 0.15) is 5.75 Å². The van der Waals surface area contributed by atoms with Crippen molar-refractivity contribution < 1.29 is 4.74 Å². The first-order valence-corrected chi connectivity index (χ1v) is 6.50. The summed E-state index contributed by atoms with van der Waals surface area (Å²) in [6.45, 7) is 6.16. The van der Waals surface area contributed by atoms with Gasteiger partial charge < -0.3 is 9.64 Å². The minimum atomic E-state index is 0.717. The van der Waals surface area contributed by atoms with E-state index in [0.717, 1.165) is 25.3 Å². The minimum absolute atomic E-state index is 0.717. The molecule has 0 saturated carbocycles. The lowest BCUT2D eigenvalue weighted by atomic mass is 10.0. The molecule has 0 aliphatic carbocycles. The SMILES string of the molecule is COc1cc(C)c(C)cc1CN(C)CCCCl. The third-order valence-corrected chi connectivity index (χ3v) is 3.28. The lowest BCUT2D eigenvalue weighted by molar-refractivity contribution is 0.318. The van der Waals surface area contributed by atoms with Gasteiger partial charge in [-0.3, -0.25) is 0 Å². The largest absolute Gasteiger partial charge is 0.496 e. The van der Waals surface area contributed by atoms with E-state index in [1.807, 2.05) is 0 Å². The number of methoxy groups -OCH3 is 1. The summed E-state index contributed by atoms with van der Waals surface area (Å²) in [5, 5.41) is 0. The van der Waals surface area contributed by atoms with E-state index in [2.05, 4.69) is 37.9 Å². The van der Waals surface area contributed by atoms with Crippen LogP contribution in [0.25, 0.3) is 0 Å². The number of benzene rings is 1. The summed E-state index contributed by atoms with van der Waals surface area (Å²) in [6, 6.07) is 4.32. The molecule has 0 aromatic heterocycles.